The minimum Gasteiger partial charge on any atom is -0.481 e. The number of rotatable bonds is 4. The first kappa shape index (κ1) is 21.6. The largest absolute Gasteiger partial charge is 0.481 e. The predicted octanol–water partition coefficient (Wildman–Crippen LogP) is 5.23. The van der Waals surface area contributed by atoms with Gasteiger partial charge in [-0.3, -0.25) is 4.79 Å². The second-order valence-electron chi connectivity index (χ2n) is 7.40. The van der Waals surface area contributed by atoms with Crippen molar-refractivity contribution in [3.05, 3.63) is 85.9 Å². The number of pyridine rings is 2. The van der Waals surface area contributed by atoms with Gasteiger partial charge in [-0.05, 0) is 73.9 Å². The van der Waals surface area contributed by atoms with Crippen LogP contribution in [0.5, 0.6) is 5.88 Å². The minimum atomic E-state index is -0.787. The van der Waals surface area contributed by atoms with Crippen molar-refractivity contribution in [2.75, 3.05) is 7.11 Å². The molecule has 0 saturated heterocycles. The molecule has 0 N–H and O–H groups in total. The molecule has 0 aliphatic carbocycles. The smallest absolute Gasteiger partial charge is 0.236 e. The maximum Gasteiger partial charge on any atom is 0.236 e. The third kappa shape index (κ3) is 3.99. The van der Waals surface area contributed by atoms with Crippen molar-refractivity contribution in [1.29, 1.82) is 0 Å². The average molecular weight is 451 g/mol. The molecule has 8 heteroatoms. The number of aryl methyl sites for hydroxylation is 3. The Morgan fingerprint density at radius 2 is 1.91 bits per heavy atom. The van der Waals surface area contributed by atoms with Gasteiger partial charge in [-0.1, -0.05) is 11.6 Å². The molecular weight excluding hydrogens is 431 g/mol. The molecular formula is C24H20ClFN4O2. The summed E-state index contributed by atoms with van der Waals surface area (Å²) in [5, 5.41) is 4.97. The third-order valence-corrected chi connectivity index (χ3v) is 5.41. The molecule has 4 aromatic rings. The first-order valence-electron chi connectivity index (χ1n) is 9.84. The first-order valence-corrected chi connectivity index (χ1v) is 10.2. The number of hydrogen-bond donors (Lipinski definition) is 0. The van der Waals surface area contributed by atoms with E-state index in [2.05, 4.69) is 15.1 Å². The summed E-state index contributed by atoms with van der Waals surface area (Å²) in [6, 6.07) is 10.3. The minimum absolute atomic E-state index is 0.142. The summed E-state index contributed by atoms with van der Waals surface area (Å²) in [6.07, 6.45) is 2.72. The van der Waals surface area contributed by atoms with Crippen LogP contribution in [0.2, 0.25) is 5.02 Å². The summed E-state index contributed by atoms with van der Waals surface area (Å²) in [5.41, 5.74) is 3.28. The van der Waals surface area contributed by atoms with Gasteiger partial charge in [-0.25, -0.2) is 19.0 Å². The second-order valence-corrected chi connectivity index (χ2v) is 7.84. The summed E-state index contributed by atoms with van der Waals surface area (Å²) >= 11 is 6.11. The van der Waals surface area contributed by atoms with Crippen molar-refractivity contribution in [1.82, 2.24) is 19.7 Å². The number of aromatic nitrogens is 4. The molecule has 0 bridgehead atoms. The average Bonchev–Trinajstić information content (AvgIpc) is 2.76. The summed E-state index contributed by atoms with van der Waals surface area (Å²) in [6.45, 7) is 5.58. The van der Waals surface area contributed by atoms with Crippen LogP contribution in [0.1, 0.15) is 28.1 Å². The van der Waals surface area contributed by atoms with E-state index in [9.17, 15) is 4.79 Å². The van der Waals surface area contributed by atoms with Crippen LogP contribution in [-0.2, 0) is 0 Å². The molecule has 0 unspecified atom stereocenters. The van der Waals surface area contributed by atoms with E-state index in [1.165, 1.54) is 24.1 Å². The van der Waals surface area contributed by atoms with E-state index >= 15 is 4.39 Å². The van der Waals surface area contributed by atoms with Crippen LogP contribution in [0.3, 0.4) is 0 Å². The lowest BCUT2D eigenvalue weighted by atomic mass is 10.1. The maximum absolute atomic E-state index is 15.4. The van der Waals surface area contributed by atoms with Crippen LogP contribution < -0.4 is 10.2 Å². The Morgan fingerprint density at radius 1 is 1.12 bits per heavy atom. The molecule has 4 rings (SSSR count). The topological polar surface area (TPSA) is 69.9 Å². The maximum atomic E-state index is 15.4. The third-order valence-electron chi connectivity index (χ3n) is 5.18. The van der Waals surface area contributed by atoms with Crippen LogP contribution in [-0.4, -0.2) is 26.9 Å². The Kier molecular flexibility index (Phi) is 5.76. The van der Waals surface area contributed by atoms with E-state index in [1.807, 2.05) is 26.8 Å². The highest BCUT2D eigenvalue weighted by atomic mass is 35.5. The van der Waals surface area contributed by atoms with Gasteiger partial charge in [0.25, 0.3) is 0 Å². The Bertz CT molecular complexity index is 1450. The Balaban J connectivity index is 2.01. The van der Waals surface area contributed by atoms with Gasteiger partial charge in [0, 0.05) is 23.0 Å². The van der Waals surface area contributed by atoms with E-state index in [-0.39, 0.29) is 11.2 Å². The Morgan fingerprint density at radius 3 is 2.62 bits per heavy atom. The van der Waals surface area contributed by atoms with E-state index < -0.39 is 11.3 Å². The number of benzene rings is 1. The standard InChI is InChI=1S/C24H20ClFN4O2/c1-13-10-20-23(28-15(13)3)24(31)22(18(26)11-16-7-8-27-21(12-16)32-4)29-30(20)19-6-5-17(25)9-14(19)2/h5-12H,1-4H3/b18-11-. The van der Waals surface area contributed by atoms with Crippen molar-refractivity contribution in [2.45, 2.75) is 20.8 Å². The molecule has 6 nitrogen and oxygen atoms in total. The van der Waals surface area contributed by atoms with Gasteiger partial charge in [0.05, 0.1) is 18.3 Å². The molecule has 3 aromatic heterocycles. The molecule has 162 valence electrons. The lowest BCUT2D eigenvalue weighted by Crippen LogP contribution is -2.19. The van der Waals surface area contributed by atoms with E-state index in [0.717, 1.165) is 11.1 Å². The van der Waals surface area contributed by atoms with Crippen molar-refractivity contribution >= 4 is 34.5 Å². The van der Waals surface area contributed by atoms with Gasteiger partial charge in [0.2, 0.25) is 11.3 Å². The van der Waals surface area contributed by atoms with Crippen LogP contribution in [0.25, 0.3) is 28.6 Å². The molecule has 0 aliphatic rings. The fourth-order valence-corrected chi connectivity index (χ4v) is 3.59. The molecule has 3 heterocycles. The zero-order valence-corrected chi connectivity index (χ0v) is 18.7. The van der Waals surface area contributed by atoms with Crippen LogP contribution >= 0.6 is 11.6 Å². The molecule has 1 aromatic carbocycles. The lowest BCUT2D eigenvalue weighted by molar-refractivity contribution is 0.398. The Labute approximate surface area is 189 Å². The number of halogens is 2. The van der Waals surface area contributed by atoms with Gasteiger partial charge in [-0.15, -0.1) is 0 Å². The van der Waals surface area contributed by atoms with Crippen molar-refractivity contribution in [3.8, 4) is 11.6 Å². The summed E-state index contributed by atoms with van der Waals surface area (Å²) in [5.74, 6) is -0.453. The van der Waals surface area contributed by atoms with Crippen LogP contribution in [0, 0.1) is 20.8 Å². The quantitative estimate of drug-likeness (QED) is 0.425. The number of methoxy groups -OCH3 is 1. The van der Waals surface area contributed by atoms with Crippen LogP contribution in [0.15, 0.2) is 47.4 Å². The molecule has 0 aliphatic heterocycles. The zero-order valence-electron chi connectivity index (χ0n) is 18.0. The van der Waals surface area contributed by atoms with Crippen LogP contribution in [0.4, 0.5) is 4.39 Å². The predicted molar refractivity (Wildman–Crippen MR) is 124 cm³/mol. The van der Waals surface area contributed by atoms with Crippen molar-refractivity contribution < 1.29 is 9.13 Å². The van der Waals surface area contributed by atoms with Gasteiger partial charge in [0.1, 0.15) is 5.52 Å². The van der Waals surface area contributed by atoms with E-state index in [0.29, 0.717) is 33.4 Å². The SMILES string of the molecule is COc1cc(/C=C(\F)c2nn(-c3ccc(Cl)cc3C)c3cc(C)c(C)nc3c2=O)ccn1. The van der Waals surface area contributed by atoms with Gasteiger partial charge in [0.15, 0.2) is 11.5 Å². The summed E-state index contributed by atoms with van der Waals surface area (Å²) < 4.78 is 22.0. The van der Waals surface area contributed by atoms with E-state index in [1.54, 1.807) is 30.3 Å². The zero-order chi connectivity index (χ0) is 23.0. The highest BCUT2D eigenvalue weighted by Gasteiger charge is 2.19. The normalized spacial score (nSPS) is 11.8. The number of ether oxygens (including phenoxy) is 1. The van der Waals surface area contributed by atoms with Gasteiger partial charge < -0.3 is 4.74 Å². The first-order chi connectivity index (χ1) is 15.3. The fraction of sp³-hybridized carbons (Fsp3) is 0.167. The van der Waals surface area contributed by atoms with E-state index in [4.69, 9.17) is 16.3 Å². The molecule has 0 saturated carbocycles. The van der Waals surface area contributed by atoms with Gasteiger partial charge in [-0.2, -0.15) is 5.10 Å². The molecule has 0 fully saturated rings. The van der Waals surface area contributed by atoms with Crippen molar-refractivity contribution in [2.24, 2.45) is 0 Å². The highest BCUT2D eigenvalue weighted by Crippen LogP contribution is 2.25. The molecule has 0 spiro atoms. The monoisotopic (exact) mass is 450 g/mol. The summed E-state index contributed by atoms with van der Waals surface area (Å²) in [7, 11) is 1.47. The second kappa shape index (κ2) is 8.51. The molecule has 32 heavy (non-hydrogen) atoms. The number of hydrogen-bond acceptors (Lipinski definition) is 5. The molecule has 0 amide bonds. The fourth-order valence-electron chi connectivity index (χ4n) is 3.37. The number of fused-ring (bicyclic) bond motifs is 1. The summed E-state index contributed by atoms with van der Waals surface area (Å²) in [4.78, 5) is 21.7. The highest BCUT2D eigenvalue weighted by molar-refractivity contribution is 6.30. The van der Waals surface area contributed by atoms with Gasteiger partial charge >= 0.3 is 0 Å². The Hall–Kier alpha value is -3.58. The molecule has 0 atom stereocenters. The number of nitrogens with zero attached hydrogens (tertiary/aromatic N) is 4. The van der Waals surface area contributed by atoms with Crippen molar-refractivity contribution in [3.63, 3.8) is 0 Å². The lowest BCUT2D eigenvalue weighted by Gasteiger charge is -2.15. The molecule has 0 radical (unpaired) electrons.